The minimum Gasteiger partial charge on any atom is -0.463 e. The second-order valence-corrected chi connectivity index (χ2v) is 10.6. The van der Waals surface area contributed by atoms with Gasteiger partial charge in [0, 0.05) is 23.7 Å². The van der Waals surface area contributed by atoms with Gasteiger partial charge < -0.3 is 19.9 Å². The van der Waals surface area contributed by atoms with Gasteiger partial charge in [-0.15, -0.1) is 0 Å². The smallest absolute Gasteiger partial charge is 0.330 e. The first kappa shape index (κ1) is 29.0. The summed E-state index contributed by atoms with van der Waals surface area (Å²) in [5, 5.41) is 14.2. The van der Waals surface area contributed by atoms with Gasteiger partial charge in [-0.3, -0.25) is 0 Å². The van der Waals surface area contributed by atoms with Crippen molar-refractivity contribution in [2.45, 2.75) is 77.5 Å². The largest absolute Gasteiger partial charge is 0.463 e. The Morgan fingerprint density at radius 1 is 1.16 bits per heavy atom. The number of hydrogen-bond acceptors (Lipinski definition) is 5. The van der Waals surface area contributed by atoms with Crippen LogP contribution in [0.4, 0.5) is 4.39 Å². The second-order valence-electron chi connectivity index (χ2n) is 10.6. The molecule has 6 heteroatoms. The fourth-order valence-corrected chi connectivity index (χ4v) is 5.21. The van der Waals surface area contributed by atoms with Gasteiger partial charge in [0.05, 0.1) is 25.4 Å². The van der Waals surface area contributed by atoms with Gasteiger partial charge in [0.2, 0.25) is 0 Å². The van der Waals surface area contributed by atoms with E-state index in [9.17, 15) is 14.3 Å². The minimum atomic E-state index is -0.702. The van der Waals surface area contributed by atoms with Gasteiger partial charge in [-0.1, -0.05) is 49.7 Å². The van der Waals surface area contributed by atoms with E-state index in [1.807, 2.05) is 13.0 Å². The van der Waals surface area contributed by atoms with Crippen molar-refractivity contribution in [1.82, 2.24) is 5.32 Å². The lowest BCUT2D eigenvalue weighted by Crippen LogP contribution is -2.45. The number of esters is 1. The number of nitrogens with one attached hydrogen (secondary N) is 1. The number of benzene rings is 2. The van der Waals surface area contributed by atoms with Crippen LogP contribution < -0.4 is 5.32 Å². The van der Waals surface area contributed by atoms with Crippen LogP contribution in [-0.2, 0) is 27.1 Å². The molecule has 202 valence electrons. The van der Waals surface area contributed by atoms with E-state index in [0.29, 0.717) is 30.0 Å². The summed E-state index contributed by atoms with van der Waals surface area (Å²) in [5.41, 5.74) is 3.74. The molecule has 0 spiro atoms. The Labute approximate surface area is 221 Å². The molecule has 0 bridgehead atoms. The van der Waals surface area contributed by atoms with E-state index in [1.54, 1.807) is 13.0 Å². The van der Waals surface area contributed by atoms with Crippen LogP contribution in [0.5, 0.6) is 0 Å². The number of fused-ring (bicyclic) bond motifs is 1. The fourth-order valence-electron chi connectivity index (χ4n) is 5.21. The lowest BCUT2D eigenvalue weighted by molar-refractivity contribution is -0.137. The maximum absolute atomic E-state index is 14.7. The summed E-state index contributed by atoms with van der Waals surface area (Å²) in [5.74, 6) is -0.354. The first-order valence-electron chi connectivity index (χ1n) is 13.5. The van der Waals surface area contributed by atoms with Crippen LogP contribution in [0.25, 0.3) is 6.08 Å². The molecule has 2 atom stereocenters. The Balaban J connectivity index is 1.55. The van der Waals surface area contributed by atoms with E-state index in [0.717, 1.165) is 25.7 Å². The van der Waals surface area contributed by atoms with Crippen LogP contribution in [0, 0.1) is 11.7 Å². The van der Waals surface area contributed by atoms with Crippen LogP contribution in [0.2, 0.25) is 0 Å². The molecule has 1 aliphatic carbocycles. The number of aliphatic hydroxyl groups is 1. The van der Waals surface area contributed by atoms with Crippen molar-refractivity contribution >= 4 is 12.0 Å². The molecule has 2 aromatic carbocycles. The number of aliphatic hydroxyl groups excluding tert-OH is 1. The number of carbonyl (C=O) groups excluding carboxylic acids is 1. The molecule has 0 radical (unpaired) electrons. The van der Waals surface area contributed by atoms with Crippen molar-refractivity contribution in [3.63, 3.8) is 0 Å². The fraction of sp³-hybridized carbons (Fsp3) is 0.516. The Morgan fingerprint density at radius 2 is 1.86 bits per heavy atom. The monoisotopic (exact) mass is 511 g/mol. The molecule has 0 fully saturated rings. The Hall–Kier alpha value is -2.54. The summed E-state index contributed by atoms with van der Waals surface area (Å²) < 4.78 is 25.7. The summed E-state index contributed by atoms with van der Waals surface area (Å²) in [6.45, 7) is 8.90. The van der Waals surface area contributed by atoms with Gasteiger partial charge in [0.25, 0.3) is 0 Å². The van der Waals surface area contributed by atoms with Crippen LogP contribution in [0.15, 0.2) is 48.5 Å². The van der Waals surface area contributed by atoms with Crippen LogP contribution >= 0.6 is 0 Å². The molecule has 0 saturated carbocycles. The zero-order valence-corrected chi connectivity index (χ0v) is 22.6. The summed E-state index contributed by atoms with van der Waals surface area (Å²) in [7, 11) is 0. The van der Waals surface area contributed by atoms with Crippen LogP contribution in [0.3, 0.4) is 0 Å². The highest BCUT2D eigenvalue weighted by atomic mass is 19.1. The van der Waals surface area contributed by atoms with Gasteiger partial charge in [0.1, 0.15) is 5.82 Å². The van der Waals surface area contributed by atoms with E-state index in [1.165, 1.54) is 29.3 Å². The number of hydrogen-bond donors (Lipinski definition) is 2. The highest BCUT2D eigenvalue weighted by Gasteiger charge is 2.28. The molecule has 3 rings (SSSR count). The zero-order chi connectivity index (χ0) is 26.8. The minimum absolute atomic E-state index is 0.121. The number of ether oxygens (including phenoxy) is 2. The van der Waals surface area contributed by atoms with E-state index in [4.69, 9.17) is 9.47 Å². The molecule has 2 N–H and O–H groups in total. The molecular formula is C31H42FNO4. The summed E-state index contributed by atoms with van der Waals surface area (Å²) in [6, 6.07) is 13.5. The SMILES string of the molecule is CCC[C@@H](OC[C@H](O)CNC(C)(C)CC1Cc2ccccc2C1)c1cccc(F)c1C=CC(=O)OCC. The number of halogens is 1. The van der Waals surface area contributed by atoms with E-state index in [2.05, 4.69) is 43.4 Å². The number of carbonyl (C=O) groups is 1. The van der Waals surface area contributed by atoms with E-state index < -0.39 is 24.0 Å². The molecular weight excluding hydrogens is 469 g/mol. The summed E-state index contributed by atoms with van der Waals surface area (Å²) in [6.07, 6.45) is 6.29. The standard InChI is InChI=1S/C31H42FNO4/c1-5-10-29(27-13-9-14-28(32)26(27)15-16-30(35)36-6-2)37-21-25(34)20-33-31(3,4)19-22-17-23-11-7-8-12-24(23)18-22/h7-9,11-16,22,25,29,33-34H,5-6,10,17-21H2,1-4H3/t25-,29-/m1/s1. The molecule has 2 aromatic rings. The third kappa shape index (κ3) is 8.77. The van der Waals surface area contributed by atoms with Crippen molar-refractivity contribution in [3.05, 3.63) is 76.6 Å². The molecule has 37 heavy (non-hydrogen) atoms. The Kier molecular flexibility index (Phi) is 10.9. The normalized spacial score (nSPS) is 15.6. The Morgan fingerprint density at radius 3 is 2.51 bits per heavy atom. The molecule has 0 saturated heterocycles. The molecule has 1 aliphatic rings. The summed E-state index contributed by atoms with van der Waals surface area (Å²) in [4.78, 5) is 11.8. The van der Waals surface area contributed by atoms with E-state index in [-0.39, 0.29) is 18.8 Å². The predicted octanol–water partition coefficient (Wildman–Crippen LogP) is 5.79. The third-order valence-corrected chi connectivity index (χ3v) is 6.90. The van der Waals surface area contributed by atoms with Gasteiger partial charge >= 0.3 is 5.97 Å². The quantitative estimate of drug-likeness (QED) is 0.248. The first-order chi connectivity index (χ1) is 17.7. The van der Waals surface area contributed by atoms with Gasteiger partial charge in [-0.25, -0.2) is 9.18 Å². The van der Waals surface area contributed by atoms with E-state index >= 15 is 0 Å². The third-order valence-electron chi connectivity index (χ3n) is 6.90. The van der Waals surface area contributed by atoms with Crippen molar-refractivity contribution in [3.8, 4) is 0 Å². The molecule has 0 heterocycles. The highest BCUT2D eigenvalue weighted by Crippen LogP contribution is 2.32. The van der Waals surface area contributed by atoms with Gasteiger partial charge in [-0.2, -0.15) is 0 Å². The lowest BCUT2D eigenvalue weighted by atomic mass is 9.88. The van der Waals surface area contributed by atoms with Crippen molar-refractivity contribution in [2.24, 2.45) is 5.92 Å². The molecule has 5 nitrogen and oxygen atoms in total. The first-order valence-corrected chi connectivity index (χ1v) is 13.5. The van der Waals surface area contributed by atoms with Gasteiger partial charge in [-0.05, 0) is 81.2 Å². The highest BCUT2D eigenvalue weighted by molar-refractivity contribution is 5.87. The average molecular weight is 512 g/mol. The van der Waals surface area contributed by atoms with Crippen molar-refractivity contribution in [1.29, 1.82) is 0 Å². The zero-order valence-electron chi connectivity index (χ0n) is 22.6. The Bertz CT molecular complexity index is 1030. The lowest BCUT2D eigenvalue weighted by Gasteiger charge is -2.31. The molecule has 0 aromatic heterocycles. The number of rotatable bonds is 14. The molecule has 0 aliphatic heterocycles. The van der Waals surface area contributed by atoms with Gasteiger partial charge in [0.15, 0.2) is 0 Å². The van der Waals surface area contributed by atoms with Crippen LogP contribution in [-0.4, -0.2) is 42.5 Å². The maximum atomic E-state index is 14.7. The van der Waals surface area contributed by atoms with Crippen LogP contribution in [0.1, 0.15) is 75.3 Å². The topological polar surface area (TPSA) is 67.8 Å². The van der Waals surface area contributed by atoms with Crippen molar-refractivity contribution < 1.29 is 23.8 Å². The predicted molar refractivity (Wildman–Crippen MR) is 146 cm³/mol. The van der Waals surface area contributed by atoms with Crippen molar-refractivity contribution in [2.75, 3.05) is 19.8 Å². The molecule has 0 amide bonds. The summed E-state index contributed by atoms with van der Waals surface area (Å²) >= 11 is 0. The molecule has 0 unspecified atom stereocenters. The maximum Gasteiger partial charge on any atom is 0.330 e. The second kappa shape index (κ2) is 13.8. The average Bonchev–Trinajstić information content (AvgIpc) is 3.26. The number of β-amino-alcohol motifs (C(OH)–C–C–N with tert-alkyl or cyclic N) is 1.